The SMILES string of the molecule is CCOC(=O)c1nc(Br)ncc1Br. The zero-order valence-electron chi connectivity index (χ0n) is 6.75. The average Bonchev–Trinajstić information content (AvgIpc) is 2.09. The summed E-state index contributed by atoms with van der Waals surface area (Å²) in [4.78, 5) is 19.0. The van der Waals surface area contributed by atoms with Crippen LogP contribution in [0.2, 0.25) is 0 Å². The van der Waals surface area contributed by atoms with E-state index < -0.39 is 5.97 Å². The summed E-state index contributed by atoms with van der Waals surface area (Å²) < 4.78 is 5.67. The Balaban J connectivity index is 2.99. The van der Waals surface area contributed by atoms with Crippen LogP contribution in [0.25, 0.3) is 0 Å². The average molecular weight is 310 g/mol. The molecule has 0 aromatic carbocycles. The second-order valence-corrected chi connectivity index (χ2v) is 3.62. The smallest absolute Gasteiger partial charge is 0.358 e. The van der Waals surface area contributed by atoms with E-state index >= 15 is 0 Å². The van der Waals surface area contributed by atoms with Crippen molar-refractivity contribution in [3.63, 3.8) is 0 Å². The van der Waals surface area contributed by atoms with Crippen molar-refractivity contribution < 1.29 is 9.53 Å². The first-order chi connectivity index (χ1) is 6.15. The first-order valence-corrected chi connectivity index (χ1v) is 5.09. The van der Waals surface area contributed by atoms with Gasteiger partial charge in [0.05, 0.1) is 11.1 Å². The van der Waals surface area contributed by atoms with Gasteiger partial charge in [-0.05, 0) is 38.8 Å². The molecule has 0 aliphatic carbocycles. The molecule has 0 aliphatic heterocycles. The molecule has 0 bridgehead atoms. The van der Waals surface area contributed by atoms with Gasteiger partial charge in [0.2, 0.25) is 0 Å². The van der Waals surface area contributed by atoms with Gasteiger partial charge in [-0.25, -0.2) is 14.8 Å². The summed E-state index contributed by atoms with van der Waals surface area (Å²) in [7, 11) is 0. The zero-order chi connectivity index (χ0) is 9.84. The van der Waals surface area contributed by atoms with Crippen molar-refractivity contribution in [2.75, 3.05) is 6.61 Å². The van der Waals surface area contributed by atoms with Crippen molar-refractivity contribution in [1.82, 2.24) is 9.97 Å². The van der Waals surface area contributed by atoms with Crippen molar-refractivity contribution in [3.05, 3.63) is 21.1 Å². The minimum atomic E-state index is -0.461. The van der Waals surface area contributed by atoms with Crippen LogP contribution in [0.1, 0.15) is 17.4 Å². The Morgan fingerprint density at radius 3 is 2.92 bits per heavy atom. The summed E-state index contributed by atoms with van der Waals surface area (Å²) in [6, 6.07) is 0. The molecule has 13 heavy (non-hydrogen) atoms. The maximum atomic E-state index is 11.3. The summed E-state index contributed by atoms with van der Waals surface area (Å²) >= 11 is 6.22. The highest BCUT2D eigenvalue weighted by Gasteiger charge is 2.13. The highest BCUT2D eigenvalue weighted by molar-refractivity contribution is 9.10. The van der Waals surface area contributed by atoms with Crippen LogP contribution in [0.15, 0.2) is 15.4 Å². The normalized spacial score (nSPS) is 9.77. The Morgan fingerprint density at radius 1 is 1.62 bits per heavy atom. The highest BCUT2D eigenvalue weighted by Crippen LogP contribution is 2.16. The number of rotatable bonds is 2. The second kappa shape index (κ2) is 4.66. The molecule has 1 aromatic rings. The fourth-order valence-corrected chi connectivity index (χ4v) is 1.32. The predicted octanol–water partition coefficient (Wildman–Crippen LogP) is 2.18. The van der Waals surface area contributed by atoms with Gasteiger partial charge in [0, 0.05) is 6.20 Å². The van der Waals surface area contributed by atoms with Crippen molar-refractivity contribution in [3.8, 4) is 0 Å². The minimum absolute atomic E-state index is 0.226. The zero-order valence-corrected chi connectivity index (χ0v) is 9.92. The van der Waals surface area contributed by atoms with Crippen LogP contribution >= 0.6 is 31.9 Å². The lowest BCUT2D eigenvalue weighted by Gasteiger charge is -2.02. The van der Waals surface area contributed by atoms with E-state index in [1.54, 1.807) is 6.92 Å². The Labute approximate surface area is 92.0 Å². The maximum absolute atomic E-state index is 11.3. The second-order valence-electron chi connectivity index (χ2n) is 2.06. The van der Waals surface area contributed by atoms with Crippen LogP contribution in [0.4, 0.5) is 0 Å². The molecule has 0 radical (unpaired) electrons. The van der Waals surface area contributed by atoms with Gasteiger partial charge in [0.1, 0.15) is 0 Å². The van der Waals surface area contributed by atoms with E-state index in [-0.39, 0.29) is 5.69 Å². The number of hydrogen-bond donors (Lipinski definition) is 0. The first kappa shape index (κ1) is 10.6. The number of carbonyl (C=O) groups is 1. The van der Waals surface area contributed by atoms with Gasteiger partial charge in [-0.1, -0.05) is 0 Å². The highest BCUT2D eigenvalue weighted by atomic mass is 79.9. The molecule has 70 valence electrons. The van der Waals surface area contributed by atoms with Crippen LogP contribution in [0.5, 0.6) is 0 Å². The van der Waals surface area contributed by atoms with E-state index in [2.05, 4.69) is 41.8 Å². The monoisotopic (exact) mass is 308 g/mol. The number of esters is 1. The van der Waals surface area contributed by atoms with Crippen molar-refractivity contribution in [1.29, 1.82) is 0 Å². The quantitative estimate of drug-likeness (QED) is 0.620. The third kappa shape index (κ3) is 2.73. The summed E-state index contributed by atoms with van der Waals surface area (Å²) in [6.45, 7) is 2.06. The molecule has 4 nitrogen and oxygen atoms in total. The summed E-state index contributed by atoms with van der Waals surface area (Å²) in [5.41, 5.74) is 0.226. The molecule has 0 aliphatic rings. The molecule has 0 saturated carbocycles. The number of aromatic nitrogens is 2. The molecule has 0 amide bonds. The van der Waals surface area contributed by atoms with Crippen LogP contribution in [0.3, 0.4) is 0 Å². The molecule has 0 spiro atoms. The minimum Gasteiger partial charge on any atom is -0.461 e. The van der Waals surface area contributed by atoms with Crippen LogP contribution in [0, 0.1) is 0 Å². The molecule has 1 rings (SSSR count). The number of carbonyl (C=O) groups excluding carboxylic acids is 1. The third-order valence-corrected chi connectivity index (χ3v) is 2.15. The Hall–Kier alpha value is -0.490. The van der Waals surface area contributed by atoms with E-state index in [0.717, 1.165) is 0 Å². The molecular weight excluding hydrogens is 304 g/mol. The van der Waals surface area contributed by atoms with E-state index in [1.165, 1.54) is 6.20 Å². The molecule has 0 fully saturated rings. The van der Waals surface area contributed by atoms with Gasteiger partial charge in [-0.2, -0.15) is 0 Å². The summed E-state index contributed by atoms with van der Waals surface area (Å²) in [5, 5.41) is 0. The Kier molecular flexibility index (Phi) is 3.80. The lowest BCUT2D eigenvalue weighted by Crippen LogP contribution is -2.08. The van der Waals surface area contributed by atoms with E-state index in [9.17, 15) is 4.79 Å². The van der Waals surface area contributed by atoms with E-state index in [0.29, 0.717) is 15.8 Å². The van der Waals surface area contributed by atoms with Crippen molar-refractivity contribution >= 4 is 37.8 Å². The van der Waals surface area contributed by atoms with Crippen molar-refractivity contribution in [2.24, 2.45) is 0 Å². The van der Waals surface area contributed by atoms with Gasteiger partial charge < -0.3 is 4.74 Å². The van der Waals surface area contributed by atoms with Gasteiger partial charge in [0.15, 0.2) is 10.4 Å². The van der Waals surface area contributed by atoms with Gasteiger partial charge in [-0.15, -0.1) is 0 Å². The summed E-state index contributed by atoms with van der Waals surface area (Å²) in [5.74, 6) is -0.461. The number of hydrogen-bond acceptors (Lipinski definition) is 4. The molecule has 0 N–H and O–H groups in total. The molecular formula is C7H6Br2N2O2. The molecule has 0 atom stereocenters. The fourth-order valence-electron chi connectivity index (χ4n) is 0.688. The largest absolute Gasteiger partial charge is 0.461 e. The number of nitrogens with zero attached hydrogens (tertiary/aromatic N) is 2. The van der Waals surface area contributed by atoms with Gasteiger partial charge in [0.25, 0.3) is 0 Å². The Morgan fingerprint density at radius 2 is 2.31 bits per heavy atom. The molecule has 6 heteroatoms. The number of halogens is 2. The van der Waals surface area contributed by atoms with Crippen LogP contribution in [-0.2, 0) is 4.74 Å². The lowest BCUT2D eigenvalue weighted by atomic mass is 10.4. The molecule has 1 aromatic heterocycles. The van der Waals surface area contributed by atoms with E-state index in [4.69, 9.17) is 4.74 Å². The maximum Gasteiger partial charge on any atom is 0.358 e. The number of ether oxygens (including phenoxy) is 1. The van der Waals surface area contributed by atoms with Crippen molar-refractivity contribution in [2.45, 2.75) is 6.92 Å². The molecule has 1 heterocycles. The molecule has 0 saturated heterocycles. The lowest BCUT2D eigenvalue weighted by molar-refractivity contribution is 0.0517. The topological polar surface area (TPSA) is 52.1 Å². The first-order valence-electron chi connectivity index (χ1n) is 3.50. The van der Waals surface area contributed by atoms with Crippen LogP contribution in [-0.4, -0.2) is 22.5 Å². The Bertz CT molecular complexity index is 330. The third-order valence-electron chi connectivity index (χ3n) is 1.18. The van der Waals surface area contributed by atoms with E-state index in [1.807, 2.05) is 0 Å². The van der Waals surface area contributed by atoms with Crippen LogP contribution < -0.4 is 0 Å². The van der Waals surface area contributed by atoms with Gasteiger partial charge in [-0.3, -0.25) is 0 Å². The van der Waals surface area contributed by atoms with Gasteiger partial charge >= 0.3 is 5.97 Å². The standard InChI is InChI=1S/C7H6Br2N2O2/c1-2-13-6(12)5-4(8)3-10-7(9)11-5/h3H,2H2,1H3. The fraction of sp³-hybridized carbons (Fsp3) is 0.286. The summed E-state index contributed by atoms with van der Waals surface area (Å²) in [6.07, 6.45) is 1.49. The molecule has 0 unspecified atom stereocenters. The predicted molar refractivity (Wildman–Crippen MR) is 53.4 cm³/mol.